The van der Waals surface area contributed by atoms with Gasteiger partial charge in [0.1, 0.15) is 0 Å². The third-order valence-electron chi connectivity index (χ3n) is 1.86. The van der Waals surface area contributed by atoms with Crippen molar-refractivity contribution < 1.29 is 13.5 Å². The number of rotatable bonds is 4. The topological polar surface area (TPSA) is 48.1 Å². The van der Waals surface area contributed by atoms with Crippen LogP contribution in [0.3, 0.4) is 0 Å². The minimum absolute atomic E-state index is 0.241. The van der Waals surface area contributed by atoms with Gasteiger partial charge in [0.2, 0.25) is 0 Å². The van der Waals surface area contributed by atoms with E-state index in [1.165, 1.54) is 0 Å². The maximum atomic E-state index is 13.1. The molecule has 0 spiro atoms. The van der Waals surface area contributed by atoms with Crippen LogP contribution in [0.25, 0.3) is 0 Å². The monoisotopic (exact) mass is 216 g/mol. The first-order chi connectivity index (χ1) is 7.00. The molecule has 1 rings (SSSR count). The quantitative estimate of drug-likeness (QED) is 0.840. The molecule has 0 saturated heterocycles. The van der Waals surface area contributed by atoms with E-state index in [1.54, 1.807) is 0 Å². The fourth-order valence-corrected chi connectivity index (χ4v) is 0.956. The van der Waals surface area contributed by atoms with Crippen LogP contribution in [-0.4, -0.2) is 11.6 Å². The lowest BCUT2D eigenvalue weighted by Crippen LogP contribution is -2.06. The number of anilines is 1. The van der Waals surface area contributed by atoms with E-state index in [-0.39, 0.29) is 11.7 Å². The smallest absolute Gasteiger partial charge is 0.252 e. The van der Waals surface area contributed by atoms with Crippen molar-refractivity contribution in [2.45, 2.75) is 20.3 Å². The van der Waals surface area contributed by atoms with Crippen molar-refractivity contribution in [1.29, 1.82) is 0 Å². The van der Waals surface area contributed by atoms with Crippen LogP contribution in [0.1, 0.15) is 20.3 Å². The molecule has 2 N–H and O–H groups in total. The Morgan fingerprint density at radius 2 is 2.07 bits per heavy atom. The van der Waals surface area contributed by atoms with Gasteiger partial charge in [0.05, 0.1) is 6.61 Å². The number of nitrogens with two attached hydrogens (primary N) is 1. The highest BCUT2D eigenvalue weighted by atomic mass is 19.1. The van der Waals surface area contributed by atoms with E-state index in [2.05, 4.69) is 4.98 Å². The molecule has 0 aliphatic carbocycles. The number of hydrogen-bond acceptors (Lipinski definition) is 3. The molecule has 0 aliphatic heterocycles. The Labute approximate surface area is 87.3 Å². The molecule has 15 heavy (non-hydrogen) atoms. The first-order valence-corrected chi connectivity index (χ1v) is 4.75. The van der Waals surface area contributed by atoms with E-state index in [0.29, 0.717) is 18.6 Å². The van der Waals surface area contributed by atoms with Gasteiger partial charge in [-0.1, -0.05) is 13.8 Å². The Morgan fingerprint density at radius 1 is 1.40 bits per heavy atom. The number of halogens is 2. The summed E-state index contributed by atoms with van der Waals surface area (Å²) in [5, 5.41) is 0. The molecule has 5 heteroatoms. The predicted molar refractivity (Wildman–Crippen MR) is 53.5 cm³/mol. The molecule has 3 nitrogen and oxygen atoms in total. The Bertz CT molecular complexity index is 342. The molecular weight excluding hydrogens is 202 g/mol. The normalized spacial score (nSPS) is 10.7. The number of nitrogens with zero attached hydrogens (tertiary/aromatic N) is 1. The first-order valence-electron chi connectivity index (χ1n) is 4.75. The highest BCUT2D eigenvalue weighted by Crippen LogP contribution is 2.19. The maximum absolute atomic E-state index is 13.1. The van der Waals surface area contributed by atoms with E-state index in [1.807, 2.05) is 13.8 Å². The number of aromatic nitrogens is 1. The third-order valence-corrected chi connectivity index (χ3v) is 1.86. The van der Waals surface area contributed by atoms with Crippen molar-refractivity contribution in [3.8, 4) is 5.88 Å². The van der Waals surface area contributed by atoms with Gasteiger partial charge in [-0.05, 0) is 12.3 Å². The Hall–Kier alpha value is -1.39. The maximum Gasteiger partial charge on any atom is 0.252 e. The molecule has 0 radical (unpaired) electrons. The molecule has 0 aromatic carbocycles. The fourth-order valence-electron chi connectivity index (χ4n) is 0.956. The van der Waals surface area contributed by atoms with Gasteiger partial charge in [-0.3, -0.25) is 0 Å². The first kappa shape index (κ1) is 11.7. The molecule has 84 valence electrons. The van der Waals surface area contributed by atoms with Crippen molar-refractivity contribution >= 4 is 5.82 Å². The largest absolute Gasteiger partial charge is 0.476 e. The van der Waals surface area contributed by atoms with Crippen LogP contribution >= 0.6 is 0 Å². The molecule has 0 atom stereocenters. The van der Waals surface area contributed by atoms with Crippen molar-refractivity contribution in [3.05, 3.63) is 17.7 Å². The Kier molecular flexibility index (Phi) is 3.82. The average molecular weight is 216 g/mol. The summed E-state index contributed by atoms with van der Waals surface area (Å²) in [4.78, 5) is 3.47. The second-order valence-electron chi connectivity index (χ2n) is 3.67. The average Bonchev–Trinajstić information content (AvgIpc) is 2.13. The van der Waals surface area contributed by atoms with Gasteiger partial charge in [-0.15, -0.1) is 0 Å². The summed E-state index contributed by atoms with van der Waals surface area (Å²) >= 11 is 0. The van der Waals surface area contributed by atoms with Crippen LogP contribution in [-0.2, 0) is 0 Å². The Balaban J connectivity index is 2.65. The van der Waals surface area contributed by atoms with Crippen molar-refractivity contribution in [2.75, 3.05) is 12.3 Å². The van der Waals surface area contributed by atoms with Crippen LogP contribution in [0.4, 0.5) is 14.6 Å². The van der Waals surface area contributed by atoms with Gasteiger partial charge in [0, 0.05) is 6.07 Å². The van der Waals surface area contributed by atoms with Crippen molar-refractivity contribution in [2.24, 2.45) is 5.92 Å². The van der Waals surface area contributed by atoms with Crippen molar-refractivity contribution in [3.63, 3.8) is 0 Å². The molecule has 1 aromatic rings. The zero-order chi connectivity index (χ0) is 11.4. The number of nitrogen functional groups attached to an aromatic ring is 1. The third kappa shape index (κ3) is 3.34. The van der Waals surface area contributed by atoms with E-state index in [4.69, 9.17) is 10.5 Å². The van der Waals surface area contributed by atoms with Gasteiger partial charge in [-0.2, -0.15) is 4.98 Å². The second kappa shape index (κ2) is 4.91. The zero-order valence-corrected chi connectivity index (χ0v) is 8.76. The molecule has 0 amide bonds. The lowest BCUT2D eigenvalue weighted by Gasteiger charge is -2.08. The van der Waals surface area contributed by atoms with E-state index < -0.39 is 11.6 Å². The van der Waals surface area contributed by atoms with Crippen LogP contribution in [0, 0.1) is 17.6 Å². The van der Waals surface area contributed by atoms with Crippen LogP contribution in [0.5, 0.6) is 5.88 Å². The van der Waals surface area contributed by atoms with Gasteiger partial charge >= 0.3 is 0 Å². The van der Waals surface area contributed by atoms with Gasteiger partial charge in [0.15, 0.2) is 17.5 Å². The molecule has 0 unspecified atom stereocenters. The summed E-state index contributed by atoms with van der Waals surface area (Å²) < 4.78 is 30.8. The minimum atomic E-state index is -0.872. The summed E-state index contributed by atoms with van der Waals surface area (Å²) in [5.74, 6) is -1.84. The van der Waals surface area contributed by atoms with E-state index in [9.17, 15) is 8.78 Å². The fraction of sp³-hybridized carbons (Fsp3) is 0.500. The zero-order valence-electron chi connectivity index (χ0n) is 8.76. The summed E-state index contributed by atoms with van der Waals surface area (Å²) in [6.45, 7) is 4.38. The summed E-state index contributed by atoms with van der Waals surface area (Å²) in [5.41, 5.74) is 5.19. The molecule has 1 aromatic heterocycles. The lowest BCUT2D eigenvalue weighted by molar-refractivity contribution is 0.265. The van der Waals surface area contributed by atoms with Crippen LogP contribution in [0.2, 0.25) is 0 Å². The number of pyridine rings is 1. The summed E-state index contributed by atoms with van der Waals surface area (Å²) in [6.07, 6.45) is 0.776. The molecular formula is C10H14F2N2O. The minimum Gasteiger partial charge on any atom is -0.476 e. The summed E-state index contributed by atoms with van der Waals surface area (Å²) in [7, 11) is 0. The highest BCUT2D eigenvalue weighted by molar-refractivity contribution is 5.34. The molecule has 0 saturated carbocycles. The highest BCUT2D eigenvalue weighted by Gasteiger charge is 2.10. The van der Waals surface area contributed by atoms with E-state index >= 15 is 0 Å². The van der Waals surface area contributed by atoms with E-state index in [0.717, 1.165) is 6.42 Å². The van der Waals surface area contributed by atoms with Gasteiger partial charge < -0.3 is 10.5 Å². The standard InChI is InChI=1S/C10H14F2N2O/c1-6(2)3-4-15-10-8(12)5-7(11)9(13)14-10/h5-6H,3-4H2,1-2H3,(H2,13,14). The SMILES string of the molecule is CC(C)CCOc1nc(N)c(F)cc1F. The van der Waals surface area contributed by atoms with Crippen molar-refractivity contribution in [1.82, 2.24) is 4.98 Å². The Morgan fingerprint density at radius 3 is 2.67 bits per heavy atom. The second-order valence-corrected chi connectivity index (χ2v) is 3.67. The number of hydrogen-bond donors (Lipinski definition) is 1. The molecule has 0 fully saturated rings. The number of ether oxygens (including phenoxy) is 1. The molecule has 1 heterocycles. The lowest BCUT2D eigenvalue weighted by atomic mass is 10.1. The van der Waals surface area contributed by atoms with Crippen LogP contribution in [0.15, 0.2) is 6.07 Å². The molecule has 0 bridgehead atoms. The molecule has 0 aliphatic rings. The van der Waals surface area contributed by atoms with Crippen LogP contribution < -0.4 is 10.5 Å². The van der Waals surface area contributed by atoms with Gasteiger partial charge in [0.25, 0.3) is 5.88 Å². The predicted octanol–water partition coefficient (Wildman–Crippen LogP) is 2.37. The van der Waals surface area contributed by atoms with Gasteiger partial charge in [-0.25, -0.2) is 8.78 Å². The summed E-state index contributed by atoms with van der Waals surface area (Å²) in [6, 6.07) is 0.674.